The number of benzene rings is 3. The molecular weight excluding hydrogens is 292 g/mol. The van der Waals surface area contributed by atoms with Gasteiger partial charge in [-0.25, -0.2) is 4.79 Å². The van der Waals surface area contributed by atoms with E-state index in [9.17, 15) is 15.0 Å². The molecule has 3 aromatic carbocycles. The quantitative estimate of drug-likeness (QED) is 0.425. The van der Waals surface area contributed by atoms with E-state index < -0.39 is 5.97 Å². The SMILES string of the molecule is Cc1ccc2c(O)c(C(=O)Oc3ccccc3C)cc(O)c2c1. The Labute approximate surface area is 133 Å². The largest absolute Gasteiger partial charge is 0.507 e. The summed E-state index contributed by atoms with van der Waals surface area (Å²) >= 11 is 0. The summed E-state index contributed by atoms with van der Waals surface area (Å²) in [4.78, 5) is 12.4. The average molecular weight is 308 g/mol. The first-order valence-corrected chi connectivity index (χ1v) is 7.20. The third-order valence-electron chi connectivity index (χ3n) is 3.76. The second kappa shape index (κ2) is 5.65. The molecule has 0 radical (unpaired) electrons. The highest BCUT2D eigenvalue weighted by atomic mass is 16.5. The zero-order valence-electron chi connectivity index (χ0n) is 12.8. The lowest BCUT2D eigenvalue weighted by molar-refractivity contribution is 0.0730. The van der Waals surface area contributed by atoms with Crippen LogP contribution in [-0.2, 0) is 0 Å². The maximum Gasteiger partial charge on any atom is 0.347 e. The van der Waals surface area contributed by atoms with Crippen molar-refractivity contribution in [3.63, 3.8) is 0 Å². The fraction of sp³-hybridized carbons (Fsp3) is 0.105. The lowest BCUT2D eigenvalue weighted by atomic mass is 10.0. The van der Waals surface area contributed by atoms with Crippen LogP contribution in [0.3, 0.4) is 0 Å². The molecule has 0 atom stereocenters. The molecule has 0 saturated carbocycles. The topological polar surface area (TPSA) is 66.8 Å². The molecule has 116 valence electrons. The van der Waals surface area contributed by atoms with E-state index in [-0.39, 0.29) is 17.1 Å². The van der Waals surface area contributed by atoms with Gasteiger partial charge in [-0.1, -0.05) is 35.9 Å². The molecule has 4 heteroatoms. The van der Waals surface area contributed by atoms with Gasteiger partial charge in [0.15, 0.2) is 0 Å². The van der Waals surface area contributed by atoms with Gasteiger partial charge in [0.25, 0.3) is 0 Å². The van der Waals surface area contributed by atoms with Gasteiger partial charge < -0.3 is 14.9 Å². The van der Waals surface area contributed by atoms with Crippen molar-refractivity contribution in [2.45, 2.75) is 13.8 Å². The van der Waals surface area contributed by atoms with Gasteiger partial charge in [-0.2, -0.15) is 0 Å². The predicted octanol–water partition coefficient (Wildman–Crippen LogP) is 4.09. The number of fused-ring (bicyclic) bond motifs is 1. The summed E-state index contributed by atoms with van der Waals surface area (Å²) in [5.41, 5.74) is 1.69. The Balaban J connectivity index is 2.06. The highest BCUT2D eigenvalue weighted by Gasteiger charge is 2.19. The number of ether oxygens (including phenoxy) is 1. The summed E-state index contributed by atoms with van der Waals surface area (Å²) in [7, 11) is 0. The standard InChI is InChI=1S/C19H16O4/c1-11-7-8-13-14(9-11)16(20)10-15(18(13)21)19(22)23-17-6-4-3-5-12(17)2/h3-10,20-21H,1-2H3. The maximum absolute atomic E-state index is 12.4. The van der Waals surface area contributed by atoms with Gasteiger partial charge in [0.05, 0.1) is 0 Å². The first-order chi connectivity index (χ1) is 11.0. The van der Waals surface area contributed by atoms with Crippen molar-refractivity contribution in [3.8, 4) is 17.2 Å². The molecule has 0 aliphatic rings. The van der Waals surface area contributed by atoms with E-state index in [1.54, 1.807) is 30.3 Å². The summed E-state index contributed by atoms with van der Waals surface area (Å²) in [6, 6.07) is 13.6. The van der Waals surface area contributed by atoms with Crippen molar-refractivity contribution in [1.82, 2.24) is 0 Å². The number of esters is 1. The zero-order valence-corrected chi connectivity index (χ0v) is 12.8. The maximum atomic E-state index is 12.4. The van der Waals surface area contributed by atoms with Crippen molar-refractivity contribution < 1.29 is 19.7 Å². The first kappa shape index (κ1) is 14.9. The molecule has 0 spiro atoms. The molecule has 3 aromatic rings. The number of hydrogen-bond acceptors (Lipinski definition) is 4. The van der Waals surface area contributed by atoms with Crippen LogP contribution in [0.1, 0.15) is 21.5 Å². The number of carbonyl (C=O) groups is 1. The van der Waals surface area contributed by atoms with Crippen LogP contribution in [0.15, 0.2) is 48.5 Å². The second-order valence-electron chi connectivity index (χ2n) is 5.50. The molecule has 0 aliphatic carbocycles. The van der Waals surface area contributed by atoms with Crippen molar-refractivity contribution in [1.29, 1.82) is 0 Å². The van der Waals surface area contributed by atoms with Crippen LogP contribution in [0.5, 0.6) is 17.2 Å². The van der Waals surface area contributed by atoms with Gasteiger partial charge in [0.1, 0.15) is 22.8 Å². The highest BCUT2D eigenvalue weighted by molar-refractivity contribution is 6.04. The molecule has 0 aromatic heterocycles. The molecule has 0 aliphatic heterocycles. The fourth-order valence-electron chi connectivity index (χ4n) is 2.49. The fourth-order valence-corrected chi connectivity index (χ4v) is 2.49. The zero-order chi connectivity index (χ0) is 16.6. The number of phenols is 2. The number of aryl methyl sites for hydroxylation is 2. The Hall–Kier alpha value is -3.01. The summed E-state index contributed by atoms with van der Waals surface area (Å²) in [5, 5.41) is 21.4. The second-order valence-corrected chi connectivity index (χ2v) is 5.50. The molecule has 4 nitrogen and oxygen atoms in total. The normalized spacial score (nSPS) is 10.7. The molecule has 23 heavy (non-hydrogen) atoms. The van der Waals surface area contributed by atoms with Gasteiger partial charge >= 0.3 is 5.97 Å². The summed E-state index contributed by atoms with van der Waals surface area (Å²) in [5.74, 6) is -0.565. The van der Waals surface area contributed by atoms with Gasteiger partial charge in [-0.3, -0.25) is 0 Å². The van der Waals surface area contributed by atoms with Crippen LogP contribution < -0.4 is 4.74 Å². The highest BCUT2D eigenvalue weighted by Crippen LogP contribution is 2.36. The molecular formula is C19H16O4. The summed E-state index contributed by atoms with van der Waals surface area (Å²) in [6.45, 7) is 3.71. The minimum Gasteiger partial charge on any atom is -0.507 e. The number of hydrogen-bond donors (Lipinski definition) is 2. The van der Waals surface area contributed by atoms with Crippen LogP contribution in [0, 0.1) is 13.8 Å². The minimum absolute atomic E-state index is 0.0675. The minimum atomic E-state index is -0.713. The van der Waals surface area contributed by atoms with Gasteiger partial charge in [0.2, 0.25) is 0 Å². The monoisotopic (exact) mass is 308 g/mol. The van der Waals surface area contributed by atoms with Crippen LogP contribution in [0.2, 0.25) is 0 Å². The van der Waals surface area contributed by atoms with E-state index in [1.165, 1.54) is 6.07 Å². The molecule has 3 rings (SSSR count). The summed E-state index contributed by atoms with van der Waals surface area (Å²) < 4.78 is 5.33. The Morgan fingerprint density at radius 3 is 2.43 bits per heavy atom. The number of phenolic OH excluding ortho intramolecular Hbond substituents is 2. The van der Waals surface area contributed by atoms with E-state index >= 15 is 0 Å². The number of rotatable bonds is 2. The number of para-hydroxylation sites is 1. The van der Waals surface area contributed by atoms with E-state index in [1.807, 2.05) is 26.0 Å². The third kappa shape index (κ3) is 2.71. The Kier molecular flexibility index (Phi) is 3.66. The molecule has 0 fully saturated rings. The van der Waals surface area contributed by atoms with Crippen molar-refractivity contribution in [3.05, 3.63) is 65.2 Å². The third-order valence-corrected chi connectivity index (χ3v) is 3.76. The van der Waals surface area contributed by atoms with E-state index in [0.29, 0.717) is 16.5 Å². The summed E-state index contributed by atoms with van der Waals surface area (Å²) in [6.07, 6.45) is 0. The Morgan fingerprint density at radius 1 is 0.957 bits per heavy atom. The Morgan fingerprint density at radius 2 is 1.70 bits per heavy atom. The van der Waals surface area contributed by atoms with E-state index in [4.69, 9.17) is 4.74 Å². The van der Waals surface area contributed by atoms with Crippen LogP contribution in [-0.4, -0.2) is 16.2 Å². The average Bonchev–Trinajstić information content (AvgIpc) is 2.53. The van der Waals surface area contributed by atoms with E-state index in [2.05, 4.69) is 0 Å². The van der Waals surface area contributed by atoms with Crippen molar-refractivity contribution in [2.24, 2.45) is 0 Å². The van der Waals surface area contributed by atoms with Crippen molar-refractivity contribution in [2.75, 3.05) is 0 Å². The van der Waals surface area contributed by atoms with E-state index in [0.717, 1.165) is 11.1 Å². The Bertz CT molecular complexity index is 913. The van der Waals surface area contributed by atoms with Gasteiger partial charge in [0, 0.05) is 10.8 Å². The lowest BCUT2D eigenvalue weighted by Gasteiger charge is -2.11. The number of aromatic hydroxyl groups is 2. The molecule has 0 unspecified atom stereocenters. The molecule has 0 amide bonds. The smallest absolute Gasteiger partial charge is 0.347 e. The molecule has 0 heterocycles. The van der Waals surface area contributed by atoms with Crippen LogP contribution in [0.4, 0.5) is 0 Å². The number of carbonyl (C=O) groups excluding carboxylic acids is 1. The van der Waals surface area contributed by atoms with Crippen LogP contribution >= 0.6 is 0 Å². The van der Waals surface area contributed by atoms with Gasteiger partial charge in [-0.15, -0.1) is 0 Å². The van der Waals surface area contributed by atoms with Crippen LogP contribution in [0.25, 0.3) is 10.8 Å². The van der Waals surface area contributed by atoms with Gasteiger partial charge in [-0.05, 0) is 37.6 Å². The molecule has 0 bridgehead atoms. The first-order valence-electron chi connectivity index (χ1n) is 7.20. The lowest BCUT2D eigenvalue weighted by Crippen LogP contribution is -2.09. The van der Waals surface area contributed by atoms with Crippen molar-refractivity contribution >= 4 is 16.7 Å². The molecule has 0 saturated heterocycles. The molecule has 2 N–H and O–H groups in total. The predicted molar refractivity (Wildman–Crippen MR) is 88.2 cm³/mol.